The minimum absolute atomic E-state index is 0.372. The average molecular weight is 235 g/mol. The molecule has 0 saturated carbocycles. The Hall–Kier alpha value is -0.420. The van der Waals surface area contributed by atoms with Crippen molar-refractivity contribution in [2.24, 2.45) is 0 Å². The number of nitriles is 1. The summed E-state index contributed by atoms with van der Waals surface area (Å²) in [6, 6.07) is 7.12. The van der Waals surface area contributed by atoms with Crippen LogP contribution in [-0.4, -0.2) is 5.38 Å². The van der Waals surface area contributed by atoms with Gasteiger partial charge in [0.25, 0.3) is 0 Å². The third kappa shape index (κ3) is 2.77. The molecule has 0 fully saturated rings. The molecule has 0 spiro atoms. The first-order chi connectivity index (χ1) is 6.15. The molecular weight excluding hydrogens is 228 g/mol. The lowest BCUT2D eigenvalue weighted by Crippen LogP contribution is -2.00. The maximum absolute atomic E-state index is 8.51. The lowest BCUT2D eigenvalue weighted by molar-refractivity contribution is 1.02. The first kappa shape index (κ1) is 10.7. The SMILES string of the molecule is N#CC(Cl)Cc1c(Cl)cccc1Cl. The Kier molecular flexibility index (Phi) is 3.87. The molecule has 0 aromatic heterocycles. The summed E-state index contributed by atoms with van der Waals surface area (Å²) in [5.41, 5.74) is 0.729. The van der Waals surface area contributed by atoms with Crippen LogP contribution in [0.5, 0.6) is 0 Å². The Labute approximate surface area is 91.8 Å². The van der Waals surface area contributed by atoms with Crippen LogP contribution >= 0.6 is 34.8 Å². The molecule has 1 rings (SSSR count). The number of alkyl halides is 1. The van der Waals surface area contributed by atoms with Gasteiger partial charge in [-0.05, 0) is 17.7 Å². The largest absolute Gasteiger partial charge is 0.197 e. The molecule has 68 valence electrons. The minimum atomic E-state index is -0.586. The second-order valence-electron chi connectivity index (χ2n) is 2.50. The van der Waals surface area contributed by atoms with Crippen LogP contribution in [0, 0.1) is 11.3 Å². The fraction of sp³-hybridized carbons (Fsp3) is 0.222. The average Bonchev–Trinajstić information content (AvgIpc) is 2.11. The predicted molar refractivity (Wildman–Crippen MR) is 55.4 cm³/mol. The molecule has 0 aliphatic heterocycles. The van der Waals surface area contributed by atoms with Crippen molar-refractivity contribution in [2.75, 3.05) is 0 Å². The van der Waals surface area contributed by atoms with Gasteiger partial charge in [-0.3, -0.25) is 0 Å². The summed E-state index contributed by atoms with van der Waals surface area (Å²) in [6.45, 7) is 0. The summed E-state index contributed by atoms with van der Waals surface area (Å²) in [6.07, 6.45) is 0.372. The standard InChI is InChI=1S/C9H6Cl3N/c10-6(5-13)4-7-8(11)2-1-3-9(7)12/h1-3,6H,4H2. The van der Waals surface area contributed by atoms with Crippen molar-refractivity contribution in [3.05, 3.63) is 33.8 Å². The summed E-state index contributed by atoms with van der Waals surface area (Å²) < 4.78 is 0. The van der Waals surface area contributed by atoms with E-state index in [0.717, 1.165) is 5.56 Å². The second-order valence-corrected chi connectivity index (χ2v) is 3.84. The fourth-order valence-corrected chi connectivity index (χ4v) is 1.66. The number of halogens is 3. The van der Waals surface area contributed by atoms with Crippen LogP contribution in [0.1, 0.15) is 5.56 Å². The van der Waals surface area contributed by atoms with Gasteiger partial charge in [-0.2, -0.15) is 5.26 Å². The molecule has 1 aromatic carbocycles. The monoisotopic (exact) mass is 233 g/mol. The molecule has 0 amide bonds. The van der Waals surface area contributed by atoms with E-state index in [2.05, 4.69) is 0 Å². The highest BCUT2D eigenvalue weighted by Gasteiger charge is 2.10. The molecule has 1 atom stereocenters. The minimum Gasteiger partial charge on any atom is -0.197 e. The topological polar surface area (TPSA) is 23.8 Å². The van der Waals surface area contributed by atoms with Gasteiger partial charge in [0.1, 0.15) is 5.38 Å². The predicted octanol–water partition coefficient (Wildman–Crippen LogP) is 3.67. The lowest BCUT2D eigenvalue weighted by atomic mass is 10.1. The van der Waals surface area contributed by atoms with Crippen molar-refractivity contribution < 1.29 is 0 Å². The molecule has 0 aliphatic carbocycles. The summed E-state index contributed by atoms with van der Waals surface area (Å²) in [5, 5.41) is 9.02. The van der Waals surface area contributed by atoms with Crippen LogP contribution in [0.15, 0.2) is 18.2 Å². The van der Waals surface area contributed by atoms with E-state index in [1.165, 1.54) is 0 Å². The zero-order valence-electron chi connectivity index (χ0n) is 6.60. The van der Waals surface area contributed by atoms with E-state index in [9.17, 15) is 0 Å². The third-order valence-electron chi connectivity index (χ3n) is 1.59. The first-order valence-electron chi connectivity index (χ1n) is 3.61. The van der Waals surface area contributed by atoms with Gasteiger partial charge in [0.2, 0.25) is 0 Å². The van der Waals surface area contributed by atoms with Crippen molar-refractivity contribution in [2.45, 2.75) is 11.8 Å². The summed E-state index contributed by atoms with van der Waals surface area (Å²) in [7, 11) is 0. The van der Waals surface area contributed by atoms with Gasteiger partial charge in [0.05, 0.1) is 6.07 Å². The highest BCUT2D eigenvalue weighted by molar-refractivity contribution is 6.36. The molecule has 1 nitrogen and oxygen atoms in total. The van der Waals surface area contributed by atoms with Gasteiger partial charge in [-0.15, -0.1) is 11.6 Å². The molecule has 1 aromatic rings. The van der Waals surface area contributed by atoms with Gasteiger partial charge in [0, 0.05) is 16.5 Å². The molecule has 0 N–H and O–H groups in total. The van der Waals surface area contributed by atoms with Crippen molar-refractivity contribution in [1.82, 2.24) is 0 Å². The van der Waals surface area contributed by atoms with E-state index in [1.807, 2.05) is 6.07 Å². The van der Waals surface area contributed by atoms with E-state index in [0.29, 0.717) is 16.5 Å². The molecule has 4 heteroatoms. The quantitative estimate of drug-likeness (QED) is 0.716. The van der Waals surface area contributed by atoms with Crippen LogP contribution in [0.3, 0.4) is 0 Å². The fourth-order valence-electron chi connectivity index (χ4n) is 0.952. The van der Waals surface area contributed by atoms with Gasteiger partial charge < -0.3 is 0 Å². The van der Waals surface area contributed by atoms with Crippen molar-refractivity contribution in [1.29, 1.82) is 5.26 Å². The molecule has 0 radical (unpaired) electrons. The van der Waals surface area contributed by atoms with Gasteiger partial charge in [-0.25, -0.2) is 0 Å². The third-order valence-corrected chi connectivity index (χ3v) is 2.55. The van der Waals surface area contributed by atoms with Crippen LogP contribution in [-0.2, 0) is 6.42 Å². The van der Waals surface area contributed by atoms with Gasteiger partial charge in [0.15, 0.2) is 0 Å². The Morgan fingerprint density at radius 3 is 2.31 bits per heavy atom. The van der Waals surface area contributed by atoms with Crippen LogP contribution in [0.4, 0.5) is 0 Å². The molecule has 0 bridgehead atoms. The molecule has 0 saturated heterocycles. The van der Waals surface area contributed by atoms with Crippen molar-refractivity contribution >= 4 is 34.8 Å². The van der Waals surface area contributed by atoms with E-state index in [4.69, 9.17) is 40.1 Å². The number of nitrogens with zero attached hydrogens (tertiary/aromatic N) is 1. The van der Waals surface area contributed by atoms with E-state index < -0.39 is 5.38 Å². The summed E-state index contributed by atoms with van der Waals surface area (Å²) in [4.78, 5) is 0. The first-order valence-corrected chi connectivity index (χ1v) is 4.81. The number of rotatable bonds is 2. The Bertz CT molecular complexity index is 323. The van der Waals surface area contributed by atoms with Crippen molar-refractivity contribution in [3.63, 3.8) is 0 Å². The normalized spacial score (nSPS) is 12.2. The summed E-state index contributed by atoms with van der Waals surface area (Å²) in [5.74, 6) is 0. The lowest BCUT2D eigenvalue weighted by Gasteiger charge is -2.06. The molecule has 0 heterocycles. The molecule has 0 aliphatic rings. The van der Waals surface area contributed by atoms with Crippen LogP contribution in [0.25, 0.3) is 0 Å². The molecule has 13 heavy (non-hydrogen) atoms. The van der Waals surface area contributed by atoms with E-state index in [1.54, 1.807) is 18.2 Å². The van der Waals surface area contributed by atoms with Crippen LogP contribution < -0.4 is 0 Å². The zero-order valence-corrected chi connectivity index (χ0v) is 8.87. The van der Waals surface area contributed by atoms with Crippen LogP contribution in [0.2, 0.25) is 10.0 Å². The maximum Gasteiger partial charge on any atom is 0.124 e. The highest BCUT2D eigenvalue weighted by Crippen LogP contribution is 2.26. The Morgan fingerprint density at radius 2 is 1.85 bits per heavy atom. The van der Waals surface area contributed by atoms with E-state index >= 15 is 0 Å². The van der Waals surface area contributed by atoms with Crippen molar-refractivity contribution in [3.8, 4) is 6.07 Å². The second kappa shape index (κ2) is 4.72. The number of hydrogen-bond donors (Lipinski definition) is 0. The highest BCUT2D eigenvalue weighted by atomic mass is 35.5. The van der Waals surface area contributed by atoms with Gasteiger partial charge >= 0.3 is 0 Å². The smallest absolute Gasteiger partial charge is 0.124 e. The molecule has 1 unspecified atom stereocenters. The Morgan fingerprint density at radius 1 is 1.31 bits per heavy atom. The molecular formula is C9H6Cl3N. The zero-order chi connectivity index (χ0) is 9.84. The van der Waals surface area contributed by atoms with Gasteiger partial charge in [-0.1, -0.05) is 29.3 Å². The Balaban J connectivity index is 2.95. The van der Waals surface area contributed by atoms with E-state index in [-0.39, 0.29) is 0 Å². The number of hydrogen-bond acceptors (Lipinski definition) is 1. The maximum atomic E-state index is 8.51. The summed E-state index contributed by atoms with van der Waals surface area (Å²) >= 11 is 17.4. The number of benzene rings is 1.